The number of aliphatic hydroxyl groups excluding tert-OH is 12. The molecule has 4 aliphatic heterocycles. The van der Waals surface area contributed by atoms with E-state index in [1.54, 1.807) is 0 Å². The first kappa shape index (κ1) is 46.5. The monoisotopic (exact) mass is 820 g/mol. The fourth-order valence-corrected chi connectivity index (χ4v) is 7.07. The highest BCUT2D eigenvalue weighted by atomic mass is 16.8. The van der Waals surface area contributed by atoms with Crippen LogP contribution in [-0.2, 0) is 47.5 Å². The van der Waals surface area contributed by atoms with Crippen molar-refractivity contribution < 1.29 is 114 Å². The average Bonchev–Trinajstić information content (AvgIpc) is 3.14. The number of carbonyl (C=O) groups excluding carboxylic acids is 2. The maximum Gasteiger partial charge on any atom is 0.364 e. The van der Waals surface area contributed by atoms with E-state index in [-0.39, 0.29) is 0 Å². The van der Waals surface area contributed by atoms with Crippen molar-refractivity contribution in [3.8, 4) is 0 Å². The Kier molecular flexibility index (Phi) is 15.3. The van der Waals surface area contributed by atoms with Gasteiger partial charge in [0.1, 0.15) is 90.9 Å². The van der Waals surface area contributed by atoms with Gasteiger partial charge in [0.15, 0.2) is 24.7 Å². The lowest BCUT2D eigenvalue weighted by molar-refractivity contribution is -0.391. The summed E-state index contributed by atoms with van der Waals surface area (Å²) in [6, 6.07) is -1.63. The number of aliphatic carboxylic acids is 1. The Balaban J connectivity index is 1.73. The van der Waals surface area contributed by atoms with Crippen LogP contribution in [0.15, 0.2) is 0 Å². The Labute approximate surface area is 317 Å². The van der Waals surface area contributed by atoms with Gasteiger partial charge in [0.05, 0.1) is 32.0 Å². The molecule has 0 radical (unpaired) electrons. The van der Waals surface area contributed by atoms with Crippen molar-refractivity contribution in [3.63, 3.8) is 0 Å². The number of carboxylic acids is 1. The van der Waals surface area contributed by atoms with Gasteiger partial charge in [-0.05, 0) is 13.8 Å². The normalized spacial score (nSPS) is 47.1. The molecule has 0 saturated carbocycles. The summed E-state index contributed by atoms with van der Waals surface area (Å²) in [5, 5.41) is 139. The number of rotatable bonds is 14. The first-order valence-electron chi connectivity index (χ1n) is 17.5. The molecule has 4 aliphatic rings. The highest BCUT2D eigenvalue weighted by Gasteiger charge is 2.65. The van der Waals surface area contributed by atoms with E-state index in [4.69, 9.17) is 38.9 Å². The van der Waals surface area contributed by atoms with Crippen molar-refractivity contribution in [2.45, 2.75) is 155 Å². The first-order valence-corrected chi connectivity index (χ1v) is 17.5. The van der Waals surface area contributed by atoms with Crippen LogP contribution in [0, 0.1) is 0 Å². The second-order valence-electron chi connectivity index (χ2n) is 14.2. The summed E-state index contributed by atoms with van der Waals surface area (Å²) in [6.45, 7) is 0.00962. The molecule has 0 bridgehead atoms. The summed E-state index contributed by atoms with van der Waals surface area (Å²) < 4.78 is 39.5. The number of carboxylic acid groups (broad SMARTS) is 1. The van der Waals surface area contributed by atoms with Gasteiger partial charge in [0, 0.05) is 13.3 Å². The van der Waals surface area contributed by atoms with Crippen LogP contribution in [0.3, 0.4) is 0 Å². The van der Waals surface area contributed by atoms with Gasteiger partial charge < -0.3 is 111 Å². The van der Waals surface area contributed by atoms with E-state index < -0.39 is 172 Å². The van der Waals surface area contributed by atoms with Gasteiger partial charge >= 0.3 is 5.97 Å². The van der Waals surface area contributed by atoms with Crippen LogP contribution >= 0.6 is 0 Å². The third-order valence-corrected chi connectivity index (χ3v) is 10.4. The maximum atomic E-state index is 12.9. The van der Waals surface area contributed by atoms with Crippen LogP contribution in [0.4, 0.5) is 0 Å². The minimum Gasteiger partial charge on any atom is -0.477 e. The number of ether oxygens (including phenoxy) is 7. The molecule has 4 heterocycles. The Hall–Kier alpha value is -2.19. The molecule has 25 heteroatoms. The van der Waals surface area contributed by atoms with Crippen molar-refractivity contribution in [2.75, 3.05) is 19.8 Å². The minimum atomic E-state index is -3.22. The standard InChI is InChI=1S/C31H52N2O23/c1-8-16(41)19(44)20(45)27(50-8)54-23-15(33-10(3)38)26(47)51-13(7-36)22(23)53-28-21(46)24(18(43)12(6-35)52-28)55-30(29(48)49)4-14(40)31(32,9(2)37)25(56-30)17(42)11(39)5-34/h8,11-28,34-36,39-47H,4-7,32H2,1-3H3,(H,33,38)(H,48,49)/t8-,11+,12+,13+,14-,15+,16+,17+,18-,19+,20-,21+,22+,23+,24-,25-,26?,27?,28?,30?,31+/m0/s1. The van der Waals surface area contributed by atoms with Gasteiger partial charge in [0.25, 0.3) is 5.79 Å². The van der Waals surface area contributed by atoms with E-state index in [0.29, 0.717) is 0 Å². The van der Waals surface area contributed by atoms with Crippen molar-refractivity contribution in [3.05, 3.63) is 0 Å². The number of aliphatic hydroxyl groups is 12. The van der Waals surface area contributed by atoms with E-state index in [0.717, 1.165) is 13.8 Å². The predicted molar refractivity (Wildman–Crippen MR) is 173 cm³/mol. The zero-order valence-corrected chi connectivity index (χ0v) is 30.3. The Morgan fingerprint density at radius 3 is 1.93 bits per heavy atom. The van der Waals surface area contributed by atoms with Gasteiger partial charge in [-0.15, -0.1) is 0 Å². The van der Waals surface area contributed by atoms with Crippen LogP contribution in [-0.4, -0.2) is 232 Å². The summed E-state index contributed by atoms with van der Waals surface area (Å²) >= 11 is 0. The molecule has 4 fully saturated rings. The summed E-state index contributed by atoms with van der Waals surface area (Å²) in [5.74, 6) is -7.15. The van der Waals surface area contributed by atoms with E-state index >= 15 is 0 Å². The van der Waals surface area contributed by atoms with Crippen molar-refractivity contribution in [2.24, 2.45) is 5.73 Å². The Bertz CT molecular complexity index is 1370. The molecule has 4 saturated heterocycles. The third kappa shape index (κ3) is 8.87. The third-order valence-electron chi connectivity index (χ3n) is 10.4. The quantitative estimate of drug-likeness (QED) is 0.0773. The number of nitrogens with two attached hydrogens (primary N) is 1. The number of nitrogens with one attached hydrogen (secondary N) is 1. The summed E-state index contributed by atoms with van der Waals surface area (Å²) in [4.78, 5) is 37.7. The second-order valence-corrected chi connectivity index (χ2v) is 14.2. The van der Waals surface area contributed by atoms with Gasteiger partial charge in [-0.25, -0.2) is 4.79 Å². The topological polar surface area (TPSA) is 417 Å². The molecule has 324 valence electrons. The molecule has 1 amide bonds. The molecule has 4 unspecified atom stereocenters. The fraction of sp³-hybridized carbons (Fsp3) is 0.903. The van der Waals surface area contributed by atoms with E-state index in [1.807, 2.05) is 0 Å². The maximum absolute atomic E-state index is 12.9. The van der Waals surface area contributed by atoms with Crippen LogP contribution in [0.25, 0.3) is 0 Å². The number of amides is 1. The van der Waals surface area contributed by atoms with E-state index in [2.05, 4.69) is 5.32 Å². The molecule has 0 aliphatic carbocycles. The molecule has 16 N–H and O–H groups in total. The Morgan fingerprint density at radius 1 is 0.804 bits per heavy atom. The summed E-state index contributed by atoms with van der Waals surface area (Å²) in [6.07, 6.45) is -36.5. The molecule has 0 aromatic rings. The SMILES string of the molecule is CC(=O)N[C@H]1C(O)O[C@H](CO)[C@@H](OC2O[C@H](CO)[C@H](O)[C@H](OC3(C(=O)O)C[C@H](O)[C@](N)(C(C)=O)[C@H]([C@H](O)[C@H](O)CO)O3)[C@H]2O)[C@@H]1OC1O[C@@H](C)[C@@H](O)[C@@H](O)[C@@H]1O. The number of hydrogen-bond donors (Lipinski definition) is 15. The smallest absolute Gasteiger partial charge is 0.364 e. The highest BCUT2D eigenvalue weighted by molar-refractivity contribution is 5.88. The predicted octanol–water partition coefficient (Wildman–Crippen LogP) is -9.45. The first-order chi connectivity index (χ1) is 26.1. The zero-order chi connectivity index (χ0) is 42.2. The van der Waals surface area contributed by atoms with Gasteiger partial charge in [-0.2, -0.15) is 0 Å². The Morgan fingerprint density at radius 2 is 1.39 bits per heavy atom. The molecular formula is C31H52N2O23. The lowest BCUT2D eigenvalue weighted by Crippen LogP contribution is -2.77. The summed E-state index contributed by atoms with van der Waals surface area (Å²) in [7, 11) is 0. The van der Waals surface area contributed by atoms with Crippen LogP contribution in [0.1, 0.15) is 27.2 Å². The average molecular weight is 821 g/mol. The molecule has 25 nitrogen and oxygen atoms in total. The van der Waals surface area contributed by atoms with Crippen molar-refractivity contribution in [1.82, 2.24) is 5.32 Å². The zero-order valence-electron chi connectivity index (χ0n) is 30.3. The van der Waals surface area contributed by atoms with E-state index in [1.165, 1.54) is 6.92 Å². The molecule has 21 atom stereocenters. The summed E-state index contributed by atoms with van der Waals surface area (Å²) in [5.41, 5.74) is 3.50. The molecule has 0 aromatic carbocycles. The lowest BCUT2D eigenvalue weighted by Gasteiger charge is -2.53. The molecule has 0 spiro atoms. The molecular weight excluding hydrogens is 768 g/mol. The number of ketones is 1. The van der Waals surface area contributed by atoms with Crippen LogP contribution in [0.2, 0.25) is 0 Å². The molecule has 0 aromatic heterocycles. The number of carbonyl (C=O) groups is 3. The van der Waals surface area contributed by atoms with Crippen LogP contribution in [0.5, 0.6) is 0 Å². The number of hydrogen-bond acceptors (Lipinski definition) is 23. The fourth-order valence-electron chi connectivity index (χ4n) is 7.07. The van der Waals surface area contributed by atoms with Gasteiger partial charge in [0.2, 0.25) is 5.91 Å². The largest absolute Gasteiger partial charge is 0.477 e. The van der Waals surface area contributed by atoms with Crippen molar-refractivity contribution >= 4 is 17.7 Å². The van der Waals surface area contributed by atoms with Crippen LogP contribution < -0.4 is 11.1 Å². The molecule has 4 rings (SSSR count). The highest BCUT2D eigenvalue weighted by Crippen LogP contribution is 2.41. The minimum absolute atomic E-state index is 0.776. The van der Waals surface area contributed by atoms with E-state index in [9.17, 15) is 80.8 Å². The molecule has 56 heavy (non-hydrogen) atoms. The number of Topliss-reactive ketones (excluding diaryl/α,β-unsaturated/α-hetero) is 1. The second kappa shape index (κ2) is 18.4. The lowest BCUT2D eigenvalue weighted by atomic mass is 9.74. The van der Waals surface area contributed by atoms with Gasteiger partial charge in [-0.3, -0.25) is 9.59 Å². The van der Waals surface area contributed by atoms with Gasteiger partial charge in [-0.1, -0.05) is 0 Å². The van der Waals surface area contributed by atoms with Crippen molar-refractivity contribution in [1.29, 1.82) is 0 Å².